The van der Waals surface area contributed by atoms with Crippen LogP contribution in [0.5, 0.6) is 5.75 Å². The topological polar surface area (TPSA) is 45.9 Å². The lowest BCUT2D eigenvalue weighted by Crippen LogP contribution is -2.39. The van der Waals surface area contributed by atoms with Crippen LogP contribution in [-0.4, -0.2) is 55.0 Å². The number of rotatable bonds is 2. The molecule has 2 aliphatic rings. The van der Waals surface area contributed by atoms with Crippen LogP contribution in [0.25, 0.3) is 11.0 Å². The number of aryl methyl sites for hydroxylation is 1. The first-order valence-corrected chi connectivity index (χ1v) is 8.78. The van der Waals surface area contributed by atoms with Crippen molar-refractivity contribution >= 4 is 16.9 Å². The van der Waals surface area contributed by atoms with Crippen LogP contribution < -0.4 is 4.74 Å². The number of benzene rings is 1. The molecule has 5 nitrogen and oxygen atoms in total. The number of methoxy groups -OCH3 is 1. The Morgan fingerprint density at radius 2 is 2.08 bits per heavy atom. The van der Waals surface area contributed by atoms with Crippen molar-refractivity contribution in [3.05, 3.63) is 29.5 Å². The number of furan rings is 1. The third-order valence-electron chi connectivity index (χ3n) is 5.43. The molecule has 0 N–H and O–H groups in total. The van der Waals surface area contributed by atoms with E-state index in [1.54, 1.807) is 7.11 Å². The van der Waals surface area contributed by atoms with Gasteiger partial charge in [-0.3, -0.25) is 9.69 Å². The maximum Gasteiger partial charge on any atom is 0.289 e. The second-order valence-electron chi connectivity index (χ2n) is 6.83. The number of ether oxygens (including phenoxy) is 1. The molecule has 4 rings (SSSR count). The molecule has 3 heterocycles. The highest BCUT2D eigenvalue weighted by molar-refractivity contribution is 6.00. The average Bonchev–Trinajstić information content (AvgIpc) is 3.12. The molecule has 2 fully saturated rings. The lowest BCUT2D eigenvalue weighted by Gasteiger charge is -2.25. The SMILES string of the molecule is COc1cccc2c(C)c(C(=O)N3CCCN4CCC[C@@H]4C3)oc12. The molecular formula is C19H24N2O3. The molecule has 1 aromatic heterocycles. The van der Waals surface area contributed by atoms with Crippen molar-refractivity contribution in [3.8, 4) is 5.75 Å². The first-order valence-electron chi connectivity index (χ1n) is 8.78. The predicted molar refractivity (Wildman–Crippen MR) is 92.6 cm³/mol. The predicted octanol–water partition coefficient (Wildman–Crippen LogP) is 3.06. The van der Waals surface area contributed by atoms with E-state index in [0.717, 1.165) is 37.0 Å². The lowest BCUT2D eigenvalue weighted by molar-refractivity contribution is 0.0713. The molecule has 24 heavy (non-hydrogen) atoms. The van der Waals surface area contributed by atoms with Gasteiger partial charge in [0.15, 0.2) is 17.1 Å². The van der Waals surface area contributed by atoms with E-state index in [1.807, 2.05) is 30.0 Å². The molecule has 1 atom stereocenters. The summed E-state index contributed by atoms with van der Waals surface area (Å²) in [5, 5.41) is 0.954. The number of para-hydroxylation sites is 1. The summed E-state index contributed by atoms with van der Waals surface area (Å²) in [6.07, 6.45) is 3.47. The maximum absolute atomic E-state index is 13.1. The molecule has 2 aromatic rings. The first kappa shape index (κ1) is 15.5. The van der Waals surface area contributed by atoms with E-state index < -0.39 is 0 Å². The van der Waals surface area contributed by atoms with Gasteiger partial charge in [-0.25, -0.2) is 0 Å². The Bertz CT molecular complexity index is 767. The summed E-state index contributed by atoms with van der Waals surface area (Å²) >= 11 is 0. The highest BCUT2D eigenvalue weighted by Gasteiger charge is 2.32. The number of hydrogen-bond acceptors (Lipinski definition) is 4. The molecule has 0 saturated carbocycles. The molecule has 0 bridgehead atoms. The summed E-state index contributed by atoms with van der Waals surface area (Å²) in [5.74, 6) is 1.15. The van der Waals surface area contributed by atoms with E-state index in [-0.39, 0.29) is 5.91 Å². The molecule has 128 valence electrons. The Labute approximate surface area is 142 Å². The van der Waals surface area contributed by atoms with Gasteiger partial charge in [0.1, 0.15) is 0 Å². The summed E-state index contributed by atoms with van der Waals surface area (Å²) in [5.41, 5.74) is 1.57. The zero-order valence-corrected chi connectivity index (χ0v) is 14.4. The average molecular weight is 328 g/mol. The molecule has 0 unspecified atom stereocenters. The van der Waals surface area contributed by atoms with Crippen LogP contribution in [0.3, 0.4) is 0 Å². The minimum absolute atomic E-state index is 0.0134. The normalized spacial score (nSPS) is 21.8. The Morgan fingerprint density at radius 3 is 2.92 bits per heavy atom. The molecule has 2 aliphatic heterocycles. The van der Waals surface area contributed by atoms with Gasteiger partial charge in [-0.1, -0.05) is 12.1 Å². The van der Waals surface area contributed by atoms with Crippen LogP contribution in [0.2, 0.25) is 0 Å². The second-order valence-corrected chi connectivity index (χ2v) is 6.83. The van der Waals surface area contributed by atoms with Crippen molar-refractivity contribution in [2.24, 2.45) is 0 Å². The van der Waals surface area contributed by atoms with Gasteiger partial charge >= 0.3 is 0 Å². The Morgan fingerprint density at radius 1 is 1.25 bits per heavy atom. The summed E-state index contributed by atoms with van der Waals surface area (Å²) in [6.45, 7) is 5.85. The van der Waals surface area contributed by atoms with E-state index >= 15 is 0 Å². The molecule has 2 saturated heterocycles. The summed E-state index contributed by atoms with van der Waals surface area (Å²) in [7, 11) is 1.62. The molecule has 0 radical (unpaired) electrons. The zero-order valence-electron chi connectivity index (χ0n) is 14.4. The van der Waals surface area contributed by atoms with Crippen LogP contribution >= 0.6 is 0 Å². The molecule has 1 aromatic carbocycles. The van der Waals surface area contributed by atoms with E-state index in [2.05, 4.69) is 4.90 Å². The van der Waals surface area contributed by atoms with E-state index in [0.29, 0.717) is 23.1 Å². The third kappa shape index (κ3) is 2.47. The van der Waals surface area contributed by atoms with Crippen molar-refractivity contribution in [1.29, 1.82) is 0 Å². The fraction of sp³-hybridized carbons (Fsp3) is 0.526. The molecule has 0 aliphatic carbocycles. The smallest absolute Gasteiger partial charge is 0.289 e. The number of nitrogens with zero attached hydrogens (tertiary/aromatic N) is 2. The van der Waals surface area contributed by atoms with Crippen LogP contribution in [0.1, 0.15) is 35.4 Å². The number of carbonyl (C=O) groups is 1. The van der Waals surface area contributed by atoms with Gasteiger partial charge in [0.05, 0.1) is 7.11 Å². The number of amides is 1. The quantitative estimate of drug-likeness (QED) is 0.850. The van der Waals surface area contributed by atoms with Crippen molar-refractivity contribution in [3.63, 3.8) is 0 Å². The van der Waals surface area contributed by atoms with Gasteiger partial charge in [0, 0.05) is 36.6 Å². The summed E-state index contributed by atoms with van der Waals surface area (Å²) in [4.78, 5) is 17.6. The Hall–Kier alpha value is -2.01. The van der Waals surface area contributed by atoms with Crippen LogP contribution in [-0.2, 0) is 0 Å². The number of hydrogen-bond donors (Lipinski definition) is 0. The minimum Gasteiger partial charge on any atom is -0.493 e. The molecule has 5 heteroatoms. The highest BCUT2D eigenvalue weighted by Crippen LogP contribution is 2.33. The van der Waals surface area contributed by atoms with Crippen molar-refractivity contribution in [1.82, 2.24) is 9.80 Å². The Balaban J connectivity index is 1.66. The summed E-state index contributed by atoms with van der Waals surface area (Å²) < 4.78 is 11.3. The van der Waals surface area contributed by atoms with Gasteiger partial charge in [0.2, 0.25) is 0 Å². The fourth-order valence-electron chi connectivity index (χ4n) is 4.12. The highest BCUT2D eigenvalue weighted by atomic mass is 16.5. The largest absolute Gasteiger partial charge is 0.493 e. The van der Waals surface area contributed by atoms with Crippen LogP contribution in [0.4, 0.5) is 0 Å². The van der Waals surface area contributed by atoms with Crippen molar-refractivity contribution in [2.75, 3.05) is 33.3 Å². The van der Waals surface area contributed by atoms with Gasteiger partial charge < -0.3 is 14.1 Å². The lowest BCUT2D eigenvalue weighted by atomic mass is 10.1. The number of carbonyl (C=O) groups excluding carboxylic acids is 1. The monoisotopic (exact) mass is 328 g/mol. The Kier molecular flexibility index (Phi) is 3.96. The van der Waals surface area contributed by atoms with Crippen molar-refractivity contribution < 1.29 is 13.9 Å². The van der Waals surface area contributed by atoms with Crippen molar-refractivity contribution in [2.45, 2.75) is 32.2 Å². The van der Waals surface area contributed by atoms with Crippen LogP contribution in [0, 0.1) is 6.92 Å². The van der Waals surface area contributed by atoms with Gasteiger partial charge in [0.25, 0.3) is 5.91 Å². The maximum atomic E-state index is 13.1. The third-order valence-corrected chi connectivity index (χ3v) is 5.43. The standard InChI is InChI=1S/C19H24N2O3/c1-13-15-7-3-8-16(23-2)18(15)24-17(13)19(22)21-11-5-10-20-9-4-6-14(20)12-21/h3,7-8,14H,4-6,9-12H2,1-2H3/t14-/m1/s1. The van der Waals surface area contributed by atoms with Gasteiger partial charge in [-0.05, 0) is 38.8 Å². The second kappa shape index (κ2) is 6.13. The molecule has 1 amide bonds. The molecule has 0 spiro atoms. The summed E-state index contributed by atoms with van der Waals surface area (Å²) in [6, 6.07) is 6.28. The fourth-order valence-corrected chi connectivity index (χ4v) is 4.12. The minimum atomic E-state index is 0.0134. The van der Waals surface area contributed by atoms with Crippen LogP contribution in [0.15, 0.2) is 22.6 Å². The number of fused-ring (bicyclic) bond motifs is 2. The van der Waals surface area contributed by atoms with Gasteiger partial charge in [-0.2, -0.15) is 0 Å². The van der Waals surface area contributed by atoms with Gasteiger partial charge in [-0.15, -0.1) is 0 Å². The van der Waals surface area contributed by atoms with E-state index in [9.17, 15) is 4.79 Å². The van der Waals surface area contributed by atoms with E-state index in [4.69, 9.17) is 9.15 Å². The molecular weight excluding hydrogens is 304 g/mol. The first-order chi connectivity index (χ1) is 11.7. The zero-order chi connectivity index (χ0) is 16.7. The van der Waals surface area contributed by atoms with E-state index in [1.165, 1.54) is 19.4 Å².